The van der Waals surface area contributed by atoms with Crippen molar-refractivity contribution in [3.05, 3.63) is 82.8 Å². The number of unbranched alkanes of at least 4 members (excludes halogenated alkanes) is 1. The second-order valence-corrected chi connectivity index (χ2v) is 6.59. The molecule has 1 N–H and O–H groups in total. The Balaban J connectivity index is 1.65. The van der Waals surface area contributed by atoms with Gasteiger partial charge in [0.2, 0.25) is 0 Å². The minimum absolute atomic E-state index is 0.137. The Hall–Kier alpha value is -3.61. The summed E-state index contributed by atoms with van der Waals surface area (Å²) in [7, 11) is 0. The lowest BCUT2D eigenvalue weighted by atomic mass is 10.2. The molecule has 0 aliphatic heterocycles. The molecule has 0 radical (unpaired) electrons. The van der Waals surface area contributed by atoms with E-state index in [0.29, 0.717) is 23.8 Å². The van der Waals surface area contributed by atoms with Crippen LogP contribution < -0.4 is 20.3 Å². The highest BCUT2D eigenvalue weighted by Gasteiger charge is 2.13. The molecule has 7 nitrogen and oxygen atoms in total. The monoisotopic (exact) mass is 407 g/mol. The number of nitrogens with zero attached hydrogens (tertiary/aromatic N) is 2. The molecule has 0 bridgehead atoms. The van der Waals surface area contributed by atoms with Crippen molar-refractivity contribution in [1.82, 2.24) is 9.78 Å². The fourth-order valence-electron chi connectivity index (χ4n) is 2.71. The molecule has 1 aromatic heterocycles. The van der Waals surface area contributed by atoms with Crippen LogP contribution in [0.2, 0.25) is 0 Å². The molecule has 0 saturated carbocycles. The fraction of sp³-hybridized carbons (Fsp3) is 0.261. The number of ether oxygens (including phenoxy) is 2. The van der Waals surface area contributed by atoms with Gasteiger partial charge >= 0.3 is 0 Å². The topological polar surface area (TPSA) is 82.5 Å². The number of para-hydroxylation sites is 3. The summed E-state index contributed by atoms with van der Waals surface area (Å²) in [6.07, 6.45) is 1.95. The van der Waals surface area contributed by atoms with Crippen molar-refractivity contribution in [3.8, 4) is 11.5 Å². The van der Waals surface area contributed by atoms with E-state index in [1.807, 2.05) is 42.5 Å². The molecule has 1 amide bonds. The summed E-state index contributed by atoms with van der Waals surface area (Å²) in [5.74, 6) is 0.891. The summed E-state index contributed by atoms with van der Waals surface area (Å²) < 4.78 is 12.6. The van der Waals surface area contributed by atoms with Crippen LogP contribution in [0.1, 0.15) is 30.3 Å². The van der Waals surface area contributed by atoms with Crippen molar-refractivity contribution < 1.29 is 14.3 Å². The number of rotatable bonds is 10. The number of aromatic nitrogens is 2. The Morgan fingerprint density at radius 3 is 2.53 bits per heavy atom. The van der Waals surface area contributed by atoms with E-state index in [4.69, 9.17) is 9.47 Å². The molecule has 0 fully saturated rings. The van der Waals surface area contributed by atoms with Gasteiger partial charge in [-0.1, -0.05) is 43.7 Å². The van der Waals surface area contributed by atoms with E-state index in [2.05, 4.69) is 17.3 Å². The Kier molecular flexibility index (Phi) is 7.60. The molecule has 3 aromatic rings. The number of nitrogens with one attached hydrogen (secondary N) is 1. The molecule has 0 atom stereocenters. The maximum absolute atomic E-state index is 12.7. The minimum Gasteiger partial charge on any atom is -0.492 e. The van der Waals surface area contributed by atoms with Crippen molar-refractivity contribution >= 4 is 11.6 Å². The van der Waals surface area contributed by atoms with Gasteiger partial charge in [0.1, 0.15) is 23.8 Å². The van der Waals surface area contributed by atoms with E-state index >= 15 is 0 Å². The zero-order chi connectivity index (χ0) is 21.2. The number of hydrogen-bond acceptors (Lipinski definition) is 5. The van der Waals surface area contributed by atoms with Crippen LogP contribution in [0.3, 0.4) is 0 Å². The van der Waals surface area contributed by atoms with Gasteiger partial charge in [0, 0.05) is 6.07 Å². The molecule has 0 spiro atoms. The third-order valence-corrected chi connectivity index (χ3v) is 4.31. The Bertz CT molecular complexity index is 1020. The predicted octanol–water partition coefficient (Wildman–Crippen LogP) is 3.75. The maximum Gasteiger partial charge on any atom is 0.276 e. The van der Waals surface area contributed by atoms with Crippen LogP contribution in [0.15, 0.2) is 71.5 Å². The van der Waals surface area contributed by atoms with Crippen LogP contribution in [-0.2, 0) is 6.54 Å². The largest absolute Gasteiger partial charge is 0.492 e. The number of carbonyl (C=O) groups is 1. The first-order valence-electron chi connectivity index (χ1n) is 9.96. The van der Waals surface area contributed by atoms with Gasteiger partial charge in [0.15, 0.2) is 0 Å². The summed E-state index contributed by atoms with van der Waals surface area (Å²) >= 11 is 0. The molecule has 0 aliphatic carbocycles. The average molecular weight is 407 g/mol. The quantitative estimate of drug-likeness (QED) is 0.518. The standard InChI is InChI=1S/C23H25N3O4/c1-2-3-16-30-21-12-8-7-11-19(21)24-23(28)20-13-14-22(27)26(25-20)15-17-29-18-9-5-4-6-10-18/h4-14H,2-3,15-17H2,1H3,(H,24,28). The van der Waals surface area contributed by atoms with Gasteiger partial charge in [0.25, 0.3) is 11.5 Å². The maximum atomic E-state index is 12.7. The molecule has 0 unspecified atom stereocenters. The first kappa shape index (κ1) is 21.1. The van der Waals surface area contributed by atoms with Crippen LogP contribution in [0.5, 0.6) is 11.5 Å². The Morgan fingerprint density at radius 1 is 0.967 bits per heavy atom. The van der Waals surface area contributed by atoms with Gasteiger partial charge < -0.3 is 14.8 Å². The molecule has 7 heteroatoms. The summed E-state index contributed by atoms with van der Waals surface area (Å²) in [6, 6.07) is 19.3. The summed E-state index contributed by atoms with van der Waals surface area (Å²) in [6.45, 7) is 3.15. The molecule has 3 rings (SSSR count). The van der Waals surface area contributed by atoms with Gasteiger partial charge in [-0.25, -0.2) is 4.68 Å². The van der Waals surface area contributed by atoms with Crippen molar-refractivity contribution in [2.75, 3.05) is 18.5 Å². The van der Waals surface area contributed by atoms with Crippen molar-refractivity contribution in [2.45, 2.75) is 26.3 Å². The van der Waals surface area contributed by atoms with E-state index in [0.717, 1.165) is 12.8 Å². The van der Waals surface area contributed by atoms with Crippen molar-refractivity contribution in [3.63, 3.8) is 0 Å². The van der Waals surface area contributed by atoms with Gasteiger partial charge in [0.05, 0.1) is 18.8 Å². The van der Waals surface area contributed by atoms with E-state index < -0.39 is 5.91 Å². The van der Waals surface area contributed by atoms with E-state index in [1.165, 1.54) is 16.8 Å². The number of hydrogen-bond donors (Lipinski definition) is 1. The minimum atomic E-state index is -0.417. The Labute approximate surface area is 175 Å². The first-order valence-corrected chi connectivity index (χ1v) is 9.96. The normalized spacial score (nSPS) is 10.4. The van der Waals surface area contributed by atoms with Crippen LogP contribution in [0.25, 0.3) is 0 Å². The van der Waals surface area contributed by atoms with Crippen LogP contribution >= 0.6 is 0 Å². The SMILES string of the molecule is CCCCOc1ccccc1NC(=O)c1ccc(=O)n(CCOc2ccccc2)n1. The molecule has 1 heterocycles. The summed E-state index contributed by atoms with van der Waals surface area (Å²) in [5.41, 5.74) is 0.398. The van der Waals surface area contributed by atoms with Gasteiger partial charge in [-0.3, -0.25) is 9.59 Å². The molecule has 2 aromatic carbocycles. The van der Waals surface area contributed by atoms with Gasteiger partial charge in [-0.2, -0.15) is 5.10 Å². The zero-order valence-corrected chi connectivity index (χ0v) is 16.9. The average Bonchev–Trinajstić information content (AvgIpc) is 2.77. The summed E-state index contributed by atoms with van der Waals surface area (Å²) in [5, 5.41) is 6.99. The zero-order valence-electron chi connectivity index (χ0n) is 16.9. The number of anilines is 1. The number of benzene rings is 2. The highest BCUT2D eigenvalue weighted by atomic mass is 16.5. The van der Waals surface area contributed by atoms with E-state index in [9.17, 15) is 9.59 Å². The predicted molar refractivity (Wildman–Crippen MR) is 115 cm³/mol. The molecular formula is C23H25N3O4. The van der Waals surface area contributed by atoms with E-state index in [1.54, 1.807) is 12.1 Å². The molecule has 156 valence electrons. The van der Waals surface area contributed by atoms with Crippen molar-refractivity contribution in [1.29, 1.82) is 0 Å². The van der Waals surface area contributed by atoms with Gasteiger partial charge in [-0.15, -0.1) is 0 Å². The Morgan fingerprint density at radius 2 is 1.73 bits per heavy atom. The molecular weight excluding hydrogens is 382 g/mol. The van der Waals surface area contributed by atoms with Gasteiger partial charge in [-0.05, 0) is 36.8 Å². The lowest BCUT2D eigenvalue weighted by molar-refractivity contribution is 0.101. The highest BCUT2D eigenvalue weighted by Crippen LogP contribution is 2.24. The number of amides is 1. The second-order valence-electron chi connectivity index (χ2n) is 6.59. The van der Waals surface area contributed by atoms with Crippen LogP contribution in [-0.4, -0.2) is 28.9 Å². The highest BCUT2D eigenvalue weighted by molar-refractivity contribution is 6.03. The smallest absolute Gasteiger partial charge is 0.276 e. The molecule has 30 heavy (non-hydrogen) atoms. The summed E-state index contributed by atoms with van der Waals surface area (Å²) in [4.78, 5) is 24.8. The number of carbonyl (C=O) groups excluding carboxylic acids is 1. The van der Waals surface area contributed by atoms with E-state index in [-0.39, 0.29) is 24.4 Å². The fourth-order valence-corrected chi connectivity index (χ4v) is 2.71. The molecule has 0 aliphatic rings. The first-order chi connectivity index (χ1) is 14.7. The van der Waals surface area contributed by atoms with Crippen molar-refractivity contribution in [2.24, 2.45) is 0 Å². The molecule has 0 saturated heterocycles. The van der Waals surface area contributed by atoms with Crippen LogP contribution in [0, 0.1) is 0 Å². The van der Waals surface area contributed by atoms with Crippen LogP contribution in [0.4, 0.5) is 5.69 Å². The lowest BCUT2D eigenvalue weighted by Crippen LogP contribution is -2.28. The lowest BCUT2D eigenvalue weighted by Gasteiger charge is -2.12. The second kappa shape index (κ2) is 10.8. The third-order valence-electron chi connectivity index (χ3n) is 4.31. The third kappa shape index (κ3) is 5.94.